The van der Waals surface area contributed by atoms with E-state index in [4.69, 9.17) is 4.74 Å². The summed E-state index contributed by atoms with van der Waals surface area (Å²) in [4.78, 5) is 18.3. The van der Waals surface area contributed by atoms with E-state index in [1.54, 1.807) is 29.3 Å². The van der Waals surface area contributed by atoms with Crippen molar-refractivity contribution in [3.05, 3.63) is 65.7 Å². The second-order valence-corrected chi connectivity index (χ2v) is 6.09. The third-order valence-electron chi connectivity index (χ3n) is 4.25. The van der Waals surface area contributed by atoms with Crippen LogP contribution in [-0.4, -0.2) is 35.1 Å². The molecule has 1 fully saturated rings. The zero-order chi connectivity index (χ0) is 17.5. The van der Waals surface area contributed by atoms with E-state index in [1.165, 1.54) is 6.07 Å². The number of piperidine rings is 1. The van der Waals surface area contributed by atoms with Crippen molar-refractivity contribution in [3.8, 4) is 0 Å². The van der Waals surface area contributed by atoms with Crippen LogP contribution in [0.1, 0.15) is 24.1 Å². The Kier molecular flexibility index (Phi) is 5.95. The number of likely N-dealkylation sites (tertiary alicyclic amines) is 1. The summed E-state index contributed by atoms with van der Waals surface area (Å²) in [5.74, 6) is -0.307. The maximum atomic E-state index is 13.6. The molecule has 1 aliphatic heterocycles. The third-order valence-corrected chi connectivity index (χ3v) is 4.25. The Hall–Kier alpha value is -2.47. The van der Waals surface area contributed by atoms with Crippen molar-refractivity contribution in [1.82, 2.24) is 15.2 Å². The fourth-order valence-corrected chi connectivity index (χ4v) is 2.87. The van der Waals surface area contributed by atoms with Gasteiger partial charge >= 0.3 is 6.03 Å². The van der Waals surface area contributed by atoms with Gasteiger partial charge in [-0.15, -0.1) is 0 Å². The van der Waals surface area contributed by atoms with E-state index in [0.29, 0.717) is 25.3 Å². The van der Waals surface area contributed by atoms with E-state index >= 15 is 0 Å². The molecule has 0 bridgehead atoms. The van der Waals surface area contributed by atoms with Gasteiger partial charge in [-0.3, -0.25) is 4.98 Å². The molecule has 1 N–H and O–H groups in total. The molecule has 2 heterocycles. The summed E-state index contributed by atoms with van der Waals surface area (Å²) in [5.41, 5.74) is 1.36. The predicted octanol–water partition coefficient (Wildman–Crippen LogP) is 3.11. The van der Waals surface area contributed by atoms with Crippen molar-refractivity contribution < 1.29 is 13.9 Å². The summed E-state index contributed by atoms with van der Waals surface area (Å²) in [6.07, 6.45) is 3.54. The molecule has 0 unspecified atom stereocenters. The number of benzene rings is 1. The van der Waals surface area contributed by atoms with Crippen molar-refractivity contribution >= 4 is 6.03 Å². The molecule has 1 aromatic carbocycles. The maximum absolute atomic E-state index is 13.6. The number of amides is 2. The number of hydrogen-bond acceptors (Lipinski definition) is 3. The van der Waals surface area contributed by atoms with E-state index < -0.39 is 0 Å². The Morgan fingerprint density at radius 1 is 1.28 bits per heavy atom. The topological polar surface area (TPSA) is 54.5 Å². The van der Waals surface area contributed by atoms with Gasteiger partial charge in [0, 0.05) is 31.4 Å². The molecule has 2 amide bonds. The Balaban J connectivity index is 1.47. The van der Waals surface area contributed by atoms with E-state index in [0.717, 1.165) is 18.5 Å². The Morgan fingerprint density at radius 3 is 2.92 bits per heavy atom. The van der Waals surface area contributed by atoms with Gasteiger partial charge < -0.3 is 15.0 Å². The fourth-order valence-electron chi connectivity index (χ4n) is 2.87. The van der Waals surface area contributed by atoms with Crippen LogP contribution in [0, 0.1) is 5.82 Å². The molecule has 132 valence electrons. The second-order valence-electron chi connectivity index (χ2n) is 6.09. The lowest BCUT2D eigenvalue weighted by atomic mass is 10.1. The Labute approximate surface area is 146 Å². The lowest BCUT2D eigenvalue weighted by molar-refractivity contribution is -0.00168. The number of rotatable bonds is 5. The van der Waals surface area contributed by atoms with Crippen LogP contribution in [0.4, 0.5) is 9.18 Å². The summed E-state index contributed by atoms with van der Waals surface area (Å²) < 4.78 is 19.5. The van der Waals surface area contributed by atoms with Gasteiger partial charge in [0.25, 0.3) is 0 Å². The highest BCUT2D eigenvalue weighted by Crippen LogP contribution is 2.15. The predicted molar refractivity (Wildman–Crippen MR) is 92.3 cm³/mol. The van der Waals surface area contributed by atoms with E-state index in [9.17, 15) is 9.18 Å². The quantitative estimate of drug-likeness (QED) is 0.907. The maximum Gasteiger partial charge on any atom is 0.317 e. The molecule has 5 nitrogen and oxygen atoms in total. The zero-order valence-electron chi connectivity index (χ0n) is 14.0. The van der Waals surface area contributed by atoms with Crippen molar-refractivity contribution in [2.75, 3.05) is 13.1 Å². The summed E-state index contributed by atoms with van der Waals surface area (Å²) in [5, 5.41) is 2.78. The molecule has 0 spiro atoms. The number of hydrogen-bond donors (Lipinski definition) is 1. The average Bonchev–Trinajstić information content (AvgIpc) is 2.66. The SMILES string of the molecule is O=C(NCc1ccccc1F)N1CCC[C@@H](OCc2ccccn2)C1. The van der Waals surface area contributed by atoms with Crippen LogP contribution < -0.4 is 5.32 Å². The minimum absolute atomic E-state index is 0.00466. The van der Waals surface area contributed by atoms with Gasteiger partial charge in [0.2, 0.25) is 0 Å². The van der Waals surface area contributed by atoms with Gasteiger partial charge in [-0.05, 0) is 31.0 Å². The first-order valence-electron chi connectivity index (χ1n) is 8.50. The molecule has 1 aliphatic rings. The number of carbonyl (C=O) groups is 1. The number of nitrogens with zero attached hydrogens (tertiary/aromatic N) is 2. The molecule has 6 heteroatoms. The van der Waals surface area contributed by atoms with Gasteiger partial charge in [0.1, 0.15) is 5.82 Å². The standard InChI is InChI=1S/C19H22FN3O2/c20-18-9-2-1-6-15(18)12-22-19(24)23-11-5-8-17(13-23)25-14-16-7-3-4-10-21-16/h1-4,6-7,9-10,17H,5,8,11-14H2,(H,22,24)/t17-/m1/s1. The molecule has 1 saturated heterocycles. The van der Waals surface area contributed by atoms with Crippen LogP contribution >= 0.6 is 0 Å². The highest BCUT2D eigenvalue weighted by molar-refractivity contribution is 5.74. The van der Waals surface area contributed by atoms with Gasteiger partial charge in [-0.2, -0.15) is 0 Å². The molecule has 1 aromatic heterocycles. The lowest BCUT2D eigenvalue weighted by Gasteiger charge is -2.32. The van der Waals surface area contributed by atoms with Crippen LogP contribution in [0.2, 0.25) is 0 Å². The summed E-state index contributed by atoms with van der Waals surface area (Å²) >= 11 is 0. The molecular formula is C19H22FN3O2. The van der Waals surface area contributed by atoms with Crippen LogP contribution in [0.15, 0.2) is 48.7 Å². The van der Waals surface area contributed by atoms with Crippen LogP contribution in [-0.2, 0) is 17.9 Å². The number of pyridine rings is 1. The average molecular weight is 343 g/mol. The largest absolute Gasteiger partial charge is 0.370 e. The highest BCUT2D eigenvalue weighted by atomic mass is 19.1. The van der Waals surface area contributed by atoms with Crippen molar-refractivity contribution in [2.45, 2.75) is 32.1 Å². The first kappa shape index (κ1) is 17.4. The molecule has 2 aromatic rings. The third kappa shape index (κ3) is 5.00. The number of ether oxygens (including phenoxy) is 1. The number of aromatic nitrogens is 1. The van der Waals surface area contributed by atoms with Crippen LogP contribution in [0.25, 0.3) is 0 Å². The number of halogens is 1. The normalized spacial score (nSPS) is 17.3. The van der Waals surface area contributed by atoms with E-state index in [2.05, 4.69) is 10.3 Å². The smallest absolute Gasteiger partial charge is 0.317 e. The Morgan fingerprint density at radius 2 is 2.12 bits per heavy atom. The number of carbonyl (C=O) groups excluding carboxylic acids is 1. The summed E-state index contributed by atoms with van der Waals surface area (Å²) in [6.45, 7) is 1.85. The monoisotopic (exact) mass is 343 g/mol. The number of urea groups is 1. The Bertz CT molecular complexity index is 696. The zero-order valence-corrected chi connectivity index (χ0v) is 14.0. The van der Waals surface area contributed by atoms with Crippen molar-refractivity contribution in [2.24, 2.45) is 0 Å². The molecule has 0 radical (unpaired) electrons. The lowest BCUT2D eigenvalue weighted by Crippen LogP contribution is -2.47. The molecule has 3 rings (SSSR count). The van der Waals surface area contributed by atoms with Crippen LogP contribution in [0.3, 0.4) is 0 Å². The summed E-state index contributed by atoms with van der Waals surface area (Å²) in [7, 11) is 0. The molecular weight excluding hydrogens is 321 g/mol. The minimum atomic E-state index is -0.307. The first-order chi connectivity index (χ1) is 12.2. The van der Waals surface area contributed by atoms with Gasteiger partial charge in [-0.25, -0.2) is 9.18 Å². The van der Waals surface area contributed by atoms with E-state index in [1.807, 2.05) is 18.2 Å². The van der Waals surface area contributed by atoms with Crippen molar-refractivity contribution in [3.63, 3.8) is 0 Å². The molecule has 25 heavy (non-hydrogen) atoms. The van der Waals surface area contributed by atoms with Gasteiger partial charge in [0.15, 0.2) is 0 Å². The van der Waals surface area contributed by atoms with Gasteiger partial charge in [0.05, 0.1) is 18.4 Å². The first-order valence-corrected chi connectivity index (χ1v) is 8.50. The van der Waals surface area contributed by atoms with E-state index in [-0.39, 0.29) is 24.5 Å². The molecule has 0 aliphatic carbocycles. The second kappa shape index (κ2) is 8.58. The van der Waals surface area contributed by atoms with Crippen LogP contribution in [0.5, 0.6) is 0 Å². The number of nitrogens with one attached hydrogen (secondary N) is 1. The fraction of sp³-hybridized carbons (Fsp3) is 0.368. The van der Waals surface area contributed by atoms with Gasteiger partial charge in [-0.1, -0.05) is 24.3 Å². The van der Waals surface area contributed by atoms with Crippen molar-refractivity contribution in [1.29, 1.82) is 0 Å². The molecule has 0 saturated carbocycles. The minimum Gasteiger partial charge on any atom is -0.370 e. The molecule has 1 atom stereocenters. The summed E-state index contributed by atoms with van der Waals surface area (Å²) in [6, 6.07) is 12.0. The highest BCUT2D eigenvalue weighted by Gasteiger charge is 2.24.